The van der Waals surface area contributed by atoms with Crippen molar-refractivity contribution < 1.29 is 14.7 Å². The van der Waals surface area contributed by atoms with E-state index in [9.17, 15) is 9.59 Å². The van der Waals surface area contributed by atoms with Gasteiger partial charge in [-0.2, -0.15) is 0 Å². The summed E-state index contributed by atoms with van der Waals surface area (Å²) in [5.74, 6) is -1.45. The highest BCUT2D eigenvalue weighted by atomic mass is 79.9. The number of aromatic nitrogens is 1. The minimum Gasteiger partial charge on any atom is -0.481 e. The van der Waals surface area contributed by atoms with E-state index >= 15 is 0 Å². The predicted molar refractivity (Wildman–Crippen MR) is 68.2 cm³/mol. The molecule has 6 heteroatoms. The lowest BCUT2D eigenvalue weighted by atomic mass is 9.98. The van der Waals surface area contributed by atoms with E-state index in [0.717, 1.165) is 10.9 Å². The van der Waals surface area contributed by atoms with Gasteiger partial charge in [0.2, 0.25) is 0 Å². The van der Waals surface area contributed by atoms with Crippen LogP contribution in [-0.2, 0) is 4.79 Å². The van der Waals surface area contributed by atoms with Crippen LogP contribution in [-0.4, -0.2) is 40.0 Å². The molecule has 0 bridgehead atoms. The molecule has 5 nitrogen and oxygen atoms in total. The van der Waals surface area contributed by atoms with Crippen molar-refractivity contribution in [3.05, 3.63) is 28.5 Å². The van der Waals surface area contributed by atoms with E-state index in [4.69, 9.17) is 5.11 Å². The number of likely N-dealkylation sites (tertiary alicyclic amines) is 1. The van der Waals surface area contributed by atoms with E-state index < -0.39 is 11.9 Å². The van der Waals surface area contributed by atoms with Crippen LogP contribution in [0.25, 0.3) is 0 Å². The van der Waals surface area contributed by atoms with Crippen LogP contribution >= 0.6 is 15.9 Å². The Morgan fingerprint density at radius 3 is 2.89 bits per heavy atom. The van der Waals surface area contributed by atoms with Crippen LogP contribution in [0.15, 0.2) is 22.9 Å². The van der Waals surface area contributed by atoms with Gasteiger partial charge < -0.3 is 10.0 Å². The molecule has 1 amide bonds. The molecule has 96 valence electrons. The topological polar surface area (TPSA) is 70.5 Å². The standard InChI is InChI=1S/C12H13BrN2O3/c13-10-4-9(5-14-6-10)11(16)15-3-1-2-8(7-15)12(17)18/h4-6,8H,1-3,7H2,(H,17,18)/t8-/m1/s1. The van der Waals surface area contributed by atoms with Gasteiger partial charge in [-0.3, -0.25) is 14.6 Å². The van der Waals surface area contributed by atoms with Crippen molar-refractivity contribution in [3.8, 4) is 0 Å². The summed E-state index contributed by atoms with van der Waals surface area (Å²) < 4.78 is 0.736. The fourth-order valence-electron chi connectivity index (χ4n) is 2.07. The molecule has 0 aromatic carbocycles. The third-order valence-electron chi connectivity index (χ3n) is 3.01. The number of rotatable bonds is 2. The Labute approximate surface area is 113 Å². The quantitative estimate of drug-likeness (QED) is 0.903. The molecule has 0 spiro atoms. The summed E-state index contributed by atoms with van der Waals surface area (Å²) >= 11 is 3.26. The van der Waals surface area contributed by atoms with Crippen molar-refractivity contribution in [1.29, 1.82) is 0 Å². The average molecular weight is 313 g/mol. The maximum Gasteiger partial charge on any atom is 0.308 e. The maximum atomic E-state index is 12.2. The first kappa shape index (κ1) is 13.0. The summed E-state index contributed by atoms with van der Waals surface area (Å²) in [6.45, 7) is 0.885. The zero-order chi connectivity index (χ0) is 13.1. The van der Waals surface area contributed by atoms with Crippen molar-refractivity contribution in [1.82, 2.24) is 9.88 Å². The number of carbonyl (C=O) groups excluding carboxylic acids is 1. The molecule has 2 heterocycles. The molecule has 1 saturated heterocycles. The molecule has 1 aliphatic rings. The van der Waals surface area contributed by atoms with Crippen molar-refractivity contribution >= 4 is 27.8 Å². The Balaban J connectivity index is 2.11. The second kappa shape index (κ2) is 5.48. The van der Waals surface area contributed by atoms with Crippen LogP contribution in [0.3, 0.4) is 0 Å². The normalized spacial score (nSPS) is 19.6. The summed E-state index contributed by atoms with van der Waals surface area (Å²) in [6.07, 6.45) is 4.46. The van der Waals surface area contributed by atoms with Gasteiger partial charge in [-0.15, -0.1) is 0 Å². The average Bonchev–Trinajstić information content (AvgIpc) is 2.38. The highest BCUT2D eigenvalue weighted by molar-refractivity contribution is 9.10. The summed E-state index contributed by atoms with van der Waals surface area (Å²) in [5.41, 5.74) is 0.482. The number of halogens is 1. The number of hydrogen-bond donors (Lipinski definition) is 1. The number of nitrogens with zero attached hydrogens (tertiary/aromatic N) is 2. The Bertz CT molecular complexity index is 478. The molecule has 1 aromatic rings. The molecule has 2 rings (SSSR count). The van der Waals surface area contributed by atoms with Gasteiger partial charge in [0.05, 0.1) is 11.5 Å². The van der Waals surface area contributed by atoms with E-state index in [-0.39, 0.29) is 12.5 Å². The molecular formula is C12H13BrN2O3. The fraction of sp³-hybridized carbons (Fsp3) is 0.417. The summed E-state index contributed by atoms with van der Waals surface area (Å²) in [6, 6.07) is 1.69. The predicted octanol–water partition coefficient (Wildman–Crippen LogP) is 1.78. The maximum absolute atomic E-state index is 12.2. The molecule has 1 aromatic heterocycles. The lowest BCUT2D eigenvalue weighted by Gasteiger charge is -2.30. The van der Waals surface area contributed by atoms with E-state index in [0.29, 0.717) is 18.5 Å². The smallest absolute Gasteiger partial charge is 0.308 e. The van der Waals surface area contributed by atoms with Gasteiger partial charge in [-0.1, -0.05) is 0 Å². The lowest BCUT2D eigenvalue weighted by Crippen LogP contribution is -2.42. The van der Waals surface area contributed by atoms with Gasteiger partial charge in [0.15, 0.2) is 0 Å². The first-order valence-corrected chi connectivity index (χ1v) is 6.50. The minimum absolute atomic E-state index is 0.158. The van der Waals surface area contributed by atoms with Gasteiger partial charge in [0.25, 0.3) is 5.91 Å². The number of aliphatic carboxylic acids is 1. The zero-order valence-electron chi connectivity index (χ0n) is 9.67. The van der Waals surface area contributed by atoms with Crippen molar-refractivity contribution in [3.63, 3.8) is 0 Å². The number of carbonyl (C=O) groups is 2. The molecule has 18 heavy (non-hydrogen) atoms. The first-order valence-electron chi connectivity index (χ1n) is 5.70. The molecule has 0 aliphatic carbocycles. The monoisotopic (exact) mass is 312 g/mol. The fourth-order valence-corrected chi connectivity index (χ4v) is 2.44. The largest absolute Gasteiger partial charge is 0.481 e. The third kappa shape index (κ3) is 2.87. The third-order valence-corrected chi connectivity index (χ3v) is 3.44. The Kier molecular flexibility index (Phi) is 3.96. The van der Waals surface area contributed by atoms with Crippen molar-refractivity contribution in [2.75, 3.05) is 13.1 Å². The van der Waals surface area contributed by atoms with Crippen LogP contribution in [0.2, 0.25) is 0 Å². The summed E-state index contributed by atoms with van der Waals surface area (Å²) in [7, 11) is 0. The van der Waals surface area contributed by atoms with Crippen LogP contribution in [0.4, 0.5) is 0 Å². The van der Waals surface area contributed by atoms with E-state index in [1.807, 2.05) is 0 Å². The SMILES string of the molecule is O=C(O)[C@@H]1CCCN(C(=O)c2cncc(Br)c2)C1. The lowest BCUT2D eigenvalue weighted by molar-refractivity contribution is -0.143. The molecule has 1 atom stereocenters. The van der Waals surface area contributed by atoms with Crippen molar-refractivity contribution in [2.45, 2.75) is 12.8 Å². The van der Waals surface area contributed by atoms with Gasteiger partial charge >= 0.3 is 5.97 Å². The van der Waals surface area contributed by atoms with Gasteiger partial charge in [-0.05, 0) is 34.8 Å². The van der Waals surface area contributed by atoms with Gasteiger partial charge in [0.1, 0.15) is 0 Å². The second-order valence-electron chi connectivity index (χ2n) is 4.32. The molecule has 1 N–H and O–H groups in total. The van der Waals surface area contributed by atoms with Crippen LogP contribution < -0.4 is 0 Å². The van der Waals surface area contributed by atoms with E-state index in [1.165, 1.54) is 6.20 Å². The number of pyridine rings is 1. The van der Waals surface area contributed by atoms with Crippen molar-refractivity contribution in [2.24, 2.45) is 5.92 Å². The highest BCUT2D eigenvalue weighted by Gasteiger charge is 2.28. The molecule has 0 unspecified atom stereocenters. The second-order valence-corrected chi connectivity index (χ2v) is 5.24. The number of carboxylic acids is 1. The molecular weight excluding hydrogens is 300 g/mol. The molecule has 0 saturated carbocycles. The number of amides is 1. The summed E-state index contributed by atoms with van der Waals surface area (Å²) in [5, 5.41) is 8.99. The number of piperidine rings is 1. The number of hydrogen-bond acceptors (Lipinski definition) is 3. The van der Waals surface area contributed by atoms with Crippen LogP contribution in [0.1, 0.15) is 23.2 Å². The zero-order valence-corrected chi connectivity index (χ0v) is 11.3. The summed E-state index contributed by atoms with van der Waals surface area (Å²) in [4.78, 5) is 28.7. The highest BCUT2D eigenvalue weighted by Crippen LogP contribution is 2.19. The van der Waals surface area contributed by atoms with Gasteiger partial charge in [-0.25, -0.2) is 0 Å². The van der Waals surface area contributed by atoms with E-state index in [1.54, 1.807) is 17.2 Å². The molecule has 1 aliphatic heterocycles. The first-order chi connectivity index (χ1) is 8.58. The number of carboxylic acid groups (broad SMARTS) is 1. The minimum atomic E-state index is -0.833. The van der Waals surface area contributed by atoms with Crippen LogP contribution in [0.5, 0.6) is 0 Å². The molecule has 1 fully saturated rings. The Hall–Kier alpha value is -1.43. The van der Waals surface area contributed by atoms with E-state index in [2.05, 4.69) is 20.9 Å². The van der Waals surface area contributed by atoms with Gasteiger partial charge in [0, 0.05) is 30.0 Å². The Morgan fingerprint density at radius 2 is 2.22 bits per heavy atom. The molecule has 0 radical (unpaired) electrons. The Morgan fingerprint density at radius 1 is 1.44 bits per heavy atom. The van der Waals surface area contributed by atoms with Crippen LogP contribution in [0, 0.1) is 5.92 Å².